The number of likely N-dealkylation sites (tertiary alicyclic amines) is 1. The van der Waals surface area contributed by atoms with Crippen LogP contribution in [0.5, 0.6) is 0 Å². The number of anilines is 3. The van der Waals surface area contributed by atoms with Gasteiger partial charge >= 0.3 is 6.09 Å². The summed E-state index contributed by atoms with van der Waals surface area (Å²) in [5, 5.41) is 6.53. The summed E-state index contributed by atoms with van der Waals surface area (Å²) in [6.45, 7) is 16.1. The molecule has 286 valence electrons. The molecular weight excluding hydrogens is 662 g/mol. The van der Waals surface area contributed by atoms with Gasteiger partial charge in [0.25, 0.3) is 0 Å². The van der Waals surface area contributed by atoms with Crippen LogP contribution in [0.1, 0.15) is 72.6 Å². The molecule has 2 aliphatic carbocycles. The van der Waals surface area contributed by atoms with Gasteiger partial charge in [-0.3, -0.25) is 14.5 Å². The van der Waals surface area contributed by atoms with Crippen LogP contribution in [0.15, 0.2) is 29.3 Å². The minimum Gasteiger partial charge on any atom is -0.495 e. The maximum absolute atomic E-state index is 13.4. The molecule has 0 bridgehead atoms. The number of allylic oxidation sites excluding steroid dienone is 2. The van der Waals surface area contributed by atoms with Gasteiger partial charge in [-0.25, -0.2) is 9.78 Å². The third kappa shape index (κ3) is 9.17. The number of carbonyl (C=O) groups excluding carboxylic acids is 3. The minimum absolute atomic E-state index is 0.0303. The summed E-state index contributed by atoms with van der Waals surface area (Å²) in [4.78, 5) is 58.6. The highest BCUT2D eigenvalue weighted by atomic mass is 16.6. The van der Waals surface area contributed by atoms with Crippen LogP contribution in [0.2, 0.25) is 0 Å². The van der Waals surface area contributed by atoms with Gasteiger partial charge in [0.1, 0.15) is 17.0 Å². The SMILES string of the molecule is COC1=C(Nc2ncc3c(n2)N(C2CCCC2)CC(=O)N3C)CC(C)C(C(=O)NCCN2CCN(CC3CCN(C(=O)OC(C)(C)C)CC3)CC2)=C1. The van der Waals surface area contributed by atoms with Gasteiger partial charge in [0.15, 0.2) is 5.82 Å². The van der Waals surface area contributed by atoms with E-state index < -0.39 is 5.60 Å². The van der Waals surface area contributed by atoms with Crippen LogP contribution in [0, 0.1) is 11.8 Å². The molecule has 2 saturated heterocycles. The average Bonchev–Trinajstić information content (AvgIpc) is 3.65. The number of piperidine rings is 1. The van der Waals surface area contributed by atoms with Crippen LogP contribution >= 0.6 is 0 Å². The van der Waals surface area contributed by atoms with Crippen molar-refractivity contribution < 1.29 is 23.9 Å². The van der Waals surface area contributed by atoms with Crippen LogP contribution < -0.4 is 20.4 Å². The molecule has 6 rings (SSSR count). The molecule has 5 aliphatic rings. The molecule has 1 saturated carbocycles. The van der Waals surface area contributed by atoms with Gasteiger partial charge in [-0.2, -0.15) is 4.98 Å². The molecular formula is C38H59N9O5. The molecule has 0 spiro atoms. The van der Waals surface area contributed by atoms with Crippen LogP contribution in [-0.2, 0) is 19.1 Å². The molecule has 3 amide bonds. The van der Waals surface area contributed by atoms with Crippen molar-refractivity contribution in [2.24, 2.45) is 11.8 Å². The zero-order valence-electron chi connectivity index (χ0n) is 32.1. The van der Waals surface area contributed by atoms with Gasteiger partial charge < -0.3 is 39.7 Å². The van der Waals surface area contributed by atoms with E-state index in [2.05, 4.69) is 37.2 Å². The van der Waals surface area contributed by atoms with Gasteiger partial charge in [0.2, 0.25) is 17.8 Å². The normalized spacial score (nSPS) is 22.7. The highest BCUT2D eigenvalue weighted by molar-refractivity contribution is 6.02. The zero-order valence-corrected chi connectivity index (χ0v) is 32.1. The predicted molar refractivity (Wildman–Crippen MR) is 201 cm³/mol. The Morgan fingerprint density at radius 2 is 1.69 bits per heavy atom. The topological polar surface area (TPSA) is 136 Å². The van der Waals surface area contributed by atoms with Gasteiger partial charge in [-0.15, -0.1) is 0 Å². The molecule has 14 nitrogen and oxygen atoms in total. The standard InChI is InChI=1S/C38H59N9O5/c1-26-21-30(41-36-40-23-31-34(42-36)47(25-33(48)43(31)5)28-9-7-8-10-28)32(51-6)22-29(26)35(49)39-13-16-44-17-19-45(20-18-44)24-27-11-14-46(15-12-27)37(50)52-38(2,3)4/h22-23,26-28H,7-21,24-25H2,1-6H3,(H,39,49)(H,40,41,42). The lowest BCUT2D eigenvalue weighted by Crippen LogP contribution is -2.50. The van der Waals surface area contributed by atoms with E-state index in [-0.39, 0.29) is 23.8 Å². The van der Waals surface area contributed by atoms with E-state index in [1.54, 1.807) is 25.3 Å². The van der Waals surface area contributed by atoms with E-state index in [0.29, 0.717) is 48.8 Å². The maximum Gasteiger partial charge on any atom is 0.410 e. The molecule has 0 aromatic carbocycles. The Balaban J connectivity index is 0.964. The molecule has 52 heavy (non-hydrogen) atoms. The Bertz CT molecular complexity index is 1520. The van der Waals surface area contributed by atoms with Gasteiger partial charge in [-0.05, 0) is 70.8 Å². The summed E-state index contributed by atoms with van der Waals surface area (Å²) >= 11 is 0. The molecule has 14 heteroatoms. The monoisotopic (exact) mass is 721 g/mol. The second-order valence-corrected chi connectivity index (χ2v) is 16.1. The fourth-order valence-electron chi connectivity index (χ4n) is 8.07. The summed E-state index contributed by atoms with van der Waals surface area (Å²) < 4.78 is 11.3. The quantitative estimate of drug-likeness (QED) is 0.365. The Morgan fingerprint density at radius 3 is 2.37 bits per heavy atom. The van der Waals surface area contributed by atoms with Crippen molar-refractivity contribution in [2.45, 2.75) is 84.3 Å². The van der Waals surface area contributed by atoms with Crippen molar-refractivity contribution in [3.63, 3.8) is 0 Å². The second-order valence-electron chi connectivity index (χ2n) is 16.1. The number of amides is 3. The molecule has 4 heterocycles. The van der Waals surface area contributed by atoms with Crippen molar-refractivity contribution >= 4 is 35.4 Å². The molecule has 1 unspecified atom stereocenters. The van der Waals surface area contributed by atoms with Crippen LogP contribution in [-0.4, -0.2) is 134 Å². The molecule has 3 aliphatic heterocycles. The first kappa shape index (κ1) is 37.8. The molecule has 1 aromatic heterocycles. The Hall–Kier alpha value is -3.91. The number of rotatable bonds is 10. The largest absolute Gasteiger partial charge is 0.495 e. The number of ether oxygens (including phenoxy) is 2. The minimum atomic E-state index is -0.463. The number of fused-ring (bicyclic) bond motifs is 1. The molecule has 0 radical (unpaired) electrons. The van der Waals surface area contributed by atoms with Gasteiger partial charge in [0.05, 0.1) is 25.5 Å². The van der Waals surface area contributed by atoms with E-state index in [1.165, 1.54) is 12.8 Å². The van der Waals surface area contributed by atoms with Crippen molar-refractivity contribution in [3.05, 3.63) is 29.3 Å². The lowest BCUT2D eigenvalue weighted by atomic mass is 9.89. The summed E-state index contributed by atoms with van der Waals surface area (Å²) in [6.07, 6.45) is 10.4. The van der Waals surface area contributed by atoms with Crippen LogP contribution in [0.4, 0.5) is 22.2 Å². The third-order valence-electron chi connectivity index (χ3n) is 11.2. The Kier molecular flexibility index (Phi) is 11.9. The number of nitrogens with one attached hydrogen (secondary N) is 2. The fourth-order valence-corrected chi connectivity index (χ4v) is 8.07. The number of nitrogens with zero attached hydrogens (tertiary/aromatic N) is 7. The first-order valence-electron chi connectivity index (χ1n) is 19.3. The van der Waals surface area contributed by atoms with Crippen molar-refractivity contribution in [1.29, 1.82) is 0 Å². The number of piperazine rings is 1. The molecule has 1 atom stereocenters. The lowest BCUT2D eigenvalue weighted by Gasteiger charge is -2.39. The number of methoxy groups -OCH3 is 1. The Morgan fingerprint density at radius 1 is 1.00 bits per heavy atom. The fraction of sp³-hybridized carbons (Fsp3) is 0.711. The van der Waals surface area contributed by atoms with E-state index in [0.717, 1.165) is 95.2 Å². The summed E-state index contributed by atoms with van der Waals surface area (Å²) in [5.74, 6) is 2.38. The highest BCUT2D eigenvalue weighted by Crippen LogP contribution is 2.37. The number of carbonyl (C=O) groups is 3. The molecule has 1 aromatic rings. The summed E-state index contributed by atoms with van der Waals surface area (Å²) in [5.41, 5.74) is 1.78. The van der Waals surface area contributed by atoms with E-state index in [4.69, 9.17) is 14.5 Å². The second kappa shape index (κ2) is 16.4. The number of hydrogen-bond donors (Lipinski definition) is 2. The first-order chi connectivity index (χ1) is 24.9. The highest BCUT2D eigenvalue weighted by Gasteiger charge is 2.35. The van der Waals surface area contributed by atoms with Crippen molar-refractivity contribution in [2.75, 3.05) is 94.7 Å². The molecule has 2 N–H and O–H groups in total. The zero-order chi connectivity index (χ0) is 37.0. The van der Waals surface area contributed by atoms with E-state index >= 15 is 0 Å². The summed E-state index contributed by atoms with van der Waals surface area (Å²) in [6, 6.07) is 0.310. The lowest BCUT2D eigenvalue weighted by molar-refractivity contribution is -0.118. The number of likely N-dealkylation sites (N-methyl/N-ethyl adjacent to an activating group) is 1. The van der Waals surface area contributed by atoms with E-state index in [1.807, 2.05) is 31.7 Å². The number of hydrogen-bond acceptors (Lipinski definition) is 11. The predicted octanol–water partition coefficient (Wildman–Crippen LogP) is 3.82. The first-order valence-corrected chi connectivity index (χ1v) is 19.3. The third-order valence-corrected chi connectivity index (χ3v) is 11.2. The maximum atomic E-state index is 13.4. The van der Waals surface area contributed by atoms with Crippen molar-refractivity contribution in [1.82, 2.24) is 30.0 Å². The average molecular weight is 722 g/mol. The smallest absolute Gasteiger partial charge is 0.410 e. The molecule has 3 fully saturated rings. The van der Waals surface area contributed by atoms with Gasteiger partial charge in [-0.1, -0.05) is 19.8 Å². The summed E-state index contributed by atoms with van der Waals surface area (Å²) in [7, 11) is 3.39. The van der Waals surface area contributed by atoms with Crippen LogP contribution in [0.3, 0.4) is 0 Å². The Labute approximate surface area is 308 Å². The van der Waals surface area contributed by atoms with Gasteiger partial charge in [0, 0.05) is 77.6 Å². The number of aromatic nitrogens is 2. The van der Waals surface area contributed by atoms with E-state index in [9.17, 15) is 14.4 Å². The van der Waals surface area contributed by atoms with Crippen LogP contribution in [0.25, 0.3) is 0 Å². The van der Waals surface area contributed by atoms with Crippen molar-refractivity contribution in [3.8, 4) is 0 Å².